The lowest BCUT2D eigenvalue weighted by Gasteiger charge is -2.05. The van der Waals surface area contributed by atoms with Crippen LogP contribution in [0.5, 0.6) is 0 Å². The molecule has 0 amide bonds. The second-order valence-corrected chi connectivity index (χ2v) is 9.63. The first-order valence-electron chi connectivity index (χ1n) is 13.0. The molecule has 6 aromatic rings. The zero-order valence-electron chi connectivity index (χ0n) is 22.0. The van der Waals surface area contributed by atoms with Gasteiger partial charge in [-0.3, -0.25) is 14.6 Å². The van der Waals surface area contributed by atoms with E-state index in [1.54, 1.807) is 12.5 Å². The van der Waals surface area contributed by atoms with Crippen molar-refractivity contribution in [1.82, 2.24) is 34.7 Å². The summed E-state index contributed by atoms with van der Waals surface area (Å²) in [5.41, 5.74) is 8.01. The molecule has 6 rings (SSSR count). The van der Waals surface area contributed by atoms with E-state index < -0.39 is 0 Å². The number of hydrogen-bond acceptors (Lipinski definition) is 4. The number of fused-ring (bicyclic) bond motifs is 1. The zero-order valence-corrected chi connectivity index (χ0v) is 22.0. The number of aromatic nitrogens is 7. The number of benzene rings is 1. The molecule has 1 aromatic carbocycles. The van der Waals surface area contributed by atoms with Crippen molar-refractivity contribution in [3.63, 3.8) is 0 Å². The van der Waals surface area contributed by atoms with Crippen molar-refractivity contribution in [2.24, 2.45) is 0 Å². The van der Waals surface area contributed by atoms with Crippen molar-refractivity contribution in [2.45, 2.75) is 26.7 Å². The molecule has 0 aliphatic heterocycles. The zero-order chi connectivity index (χ0) is 26.8. The summed E-state index contributed by atoms with van der Waals surface area (Å²) in [5, 5.41) is 10.7. The van der Waals surface area contributed by atoms with Crippen LogP contribution in [0.25, 0.3) is 45.8 Å². The average Bonchev–Trinajstić information content (AvgIpc) is 3.70. The number of hydrogen-bond donors (Lipinski definition) is 2. The summed E-state index contributed by atoms with van der Waals surface area (Å²) in [7, 11) is 0. The van der Waals surface area contributed by atoms with Crippen molar-refractivity contribution in [3.8, 4) is 17.2 Å². The molecule has 0 unspecified atom stereocenters. The lowest BCUT2D eigenvalue weighted by molar-refractivity contribution is 0.949. The van der Waals surface area contributed by atoms with Gasteiger partial charge in [0, 0.05) is 35.4 Å². The normalized spacial score (nSPS) is 12.5. The van der Waals surface area contributed by atoms with E-state index in [0.29, 0.717) is 0 Å². The van der Waals surface area contributed by atoms with E-state index in [4.69, 9.17) is 0 Å². The molecule has 5 heterocycles. The maximum absolute atomic E-state index is 4.67. The minimum atomic E-state index is 0.821. The fourth-order valence-corrected chi connectivity index (χ4v) is 4.84. The van der Waals surface area contributed by atoms with Crippen molar-refractivity contribution in [3.05, 3.63) is 119 Å². The van der Waals surface area contributed by atoms with E-state index in [0.717, 1.165) is 68.3 Å². The van der Waals surface area contributed by atoms with Crippen molar-refractivity contribution >= 4 is 28.6 Å². The van der Waals surface area contributed by atoms with E-state index in [-0.39, 0.29) is 0 Å². The lowest BCUT2D eigenvalue weighted by Crippen LogP contribution is -2.23. The van der Waals surface area contributed by atoms with Crippen LogP contribution in [-0.2, 0) is 12.8 Å². The quantitative estimate of drug-likeness (QED) is 0.318. The first-order valence-corrected chi connectivity index (χ1v) is 13.0. The highest BCUT2D eigenvalue weighted by atomic mass is 15.1. The number of aryl methyl sites for hydroxylation is 3. The minimum Gasteiger partial charge on any atom is -0.353 e. The summed E-state index contributed by atoms with van der Waals surface area (Å²) in [4.78, 5) is 17.0. The number of H-pyrrole nitrogens is 2. The molecule has 0 aliphatic carbocycles. The van der Waals surface area contributed by atoms with Gasteiger partial charge in [0.05, 0.1) is 22.3 Å². The Morgan fingerprint density at radius 1 is 1.03 bits per heavy atom. The van der Waals surface area contributed by atoms with Crippen LogP contribution in [-0.4, -0.2) is 34.7 Å². The number of rotatable bonds is 7. The number of nitrogens with zero attached hydrogens (tertiary/aromatic N) is 5. The third-order valence-corrected chi connectivity index (χ3v) is 6.89. The van der Waals surface area contributed by atoms with Gasteiger partial charge in [0.2, 0.25) is 0 Å². The van der Waals surface area contributed by atoms with Crippen LogP contribution in [0.3, 0.4) is 0 Å². The van der Waals surface area contributed by atoms with E-state index in [1.807, 2.05) is 55.2 Å². The van der Waals surface area contributed by atoms with Gasteiger partial charge in [-0.1, -0.05) is 43.0 Å². The Kier molecular flexibility index (Phi) is 6.47. The Morgan fingerprint density at radius 2 is 1.87 bits per heavy atom. The molecule has 0 radical (unpaired) electrons. The first kappa shape index (κ1) is 24.3. The summed E-state index contributed by atoms with van der Waals surface area (Å²) < 4.78 is 1.94. The summed E-state index contributed by atoms with van der Waals surface area (Å²) in [6, 6.07) is 16.8. The van der Waals surface area contributed by atoms with Gasteiger partial charge in [-0.25, -0.2) is 9.97 Å². The molecule has 7 nitrogen and oxygen atoms in total. The van der Waals surface area contributed by atoms with Crippen molar-refractivity contribution < 1.29 is 0 Å². The van der Waals surface area contributed by atoms with Crippen LogP contribution >= 0.6 is 0 Å². The molecule has 0 aliphatic rings. The Labute approximate surface area is 226 Å². The van der Waals surface area contributed by atoms with Gasteiger partial charge >= 0.3 is 0 Å². The average molecular weight is 512 g/mol. The van der Waals surface area contributed by atoms with Gasteiger partial charge < -0.3 is 4.98 Å². The predicted molar refractivity (Wildman–Crippen MR) is 157 cm³/mol. The maximum Gasteiger partial charge on any atom is 0.147 e. The summed E-state index contributed by atoms with van der Waals surface area (Å²) in [5.74, 6) is 0.821. The second-order valence-electron chi connectivity index (χ2n) is 9.63. The molecule has 0 spiro atoms. The van der Waals surface area contributed by atoms with Gasteiger partial charge in [-0.2, -0.15) is 5.10 Å². The third-order valence-electron chi connectivity index (χ3n) is 6.89. The van der Waals surface area contributed by atoms with E-state index in [9.17, 15) is 0 Å². The number of nitrogens with one attached hydrogen (secondary N) is 2. The summed E-state index contributed by atoms with van der Waals surface area (Å²) in [6.07, 6.45) is 15.4. The monoisotopic (exact) mass is 511 g/mol. The number of aromatic amines is 2. The van der Waals surface area contributed by atoms with Crippen molar-refractivity contribution in [1.29, 1.82) is 0 Å². The van der Waals surface area contributed by atoms with Gasteiger partial charge in [0.1, 0.15) is 17.8 Å². The molecule has 0 saturated carbocycles. The molecule has 0 atom stereocenters. The van der Waals surface area contributed by atoms with Gasteiger partial charge in [-0.15, -0.1) is 0 Å². The van der Waals surface area contributed by atoms with Crippen LogP contribution in [0.15, 0.2) is 86.2 Å². The molecular formula is C32H29N7. The standard InChI is InChI=1S/C32H29N7/c1-4-28-26(14-21(2)25-15-24(17-33-18-25)11-10-23-8-6-5-7-9-23)31(38-37-28)30-16-27-29(36-30)12-13-34-32(27)39-19-22(3)35-20-39/h4-9,12-20,36-37H,2,10-11H2,1,3H3/b26-14+,28-4+. The van der Waals surface area contributed by atoms with Gasteiger partial charge in [0.15, 0.2) is 0 Å². The maximum atomic E-state index is 4.67. The Balaban J connectivity index is 1.35. The lowest BCUT2D eigenvalue weighted by atomic mass is 10.0. The number of allylic oxidation sites excluding steroid dienone is 1. The number of pyridine rings is 2. The molecule has 0 saturated heterocycles. The number of imidazole rings is 1. The summed E-state index contributed by atoms with van der Waals surface area (Å²) >= 11 is 0. The second kappa shape index (κ2) is 10.4. The molecule has 0 fully saturated rings. The Morgan fingerprint density at radius 3 is 2.67 bits per heavy atom. The van der Waals surface area contributed by atoms with Crippen LogP contribution < -0.4 is 10.6 Å². The van der Waals surface area contributed by atoms with E-state index >= 15 is 0 Å². The molecule has 2 N–H and O–H groups in total. The van der Waals surface area contributed by atoms with Crippen LogP contribution in [0.4, 0.5) is 0 Å². The van der Waals surface area contributed by atoms with E-state index in [2.05, 4.69) is 79.2 Å². The van der Waals surface area contributed by atoms with Gasteiger partial charge in [-0.05, 0) is 73.2 Å². The predicted octanol–water partition coefficient (Wildman–Crippen LogP) is 4.92. The highest BCUT2D eigenvalue weighted by Gasteiger charge is 2.13. The SMILES string of the molecule is C=C(/C=c1/c(-c2cc3c(-n4cnc(C)c4)nccc3[nH]2)n[nH]/c1=C/C)c1cncc(CCc2ccccc2)c1. The van der Waals surface area contributed by atoms with Gasteiger partial charge in [0.25, 0.3) is 0 Å². The van der Waals surface area contributed by atoms with E-state index in [1.165, 1.54) is 11.1 Å². The van der Waals surface area contributed by atoms with Crippen LogP contribution in [0.1, 0.15) is 29.3 Å². The molecule has 7 heteroatoms. The minimum absolute atomic E-state index is 0.821. The van der Waals surface area contributed by atoms with Crippen molar-refractivity contribution in [2.75, 3.05) is 0 Å². The van der Waals surface area contributed by atoms with Crippen LogP contribution in [0, 0.1) is 6.92 Å². The third kappa shape index (κ3) is 4.94. The topological polar surface area (TPSA) is 88.1 Å². The fourth-order valence-electron chi connectivity index (χ4n) is 4.84. The Bertz CT molecular complexity index is 1910. The molecule has 39 heavy (non-hydrogen) atoms. The van der Waals surface area contributed by atoms with Crippen LogP contribution in [0.2, 0.25) is 0 Å². The molecule has 192 valence electrons. The summed E-state index contributed by atoms with van der Waals surface area (Å²) in [6.45, 7) is 8.35. The highest BCUT2D eigenvalue weighted by molar-refractivity contribution is 5.92. The molecule has 5 aromatic heterocycles. The smallest absolute Gasteiger partial charge is 0.147 e. The first-order chi connectivity index (χ1) is 19.1. The molecule has 0 bridgehead atoms. The largest absolute Gasteiger partial charge is 0.353 e. The highest BCUT2D eigenvalue weighted by Crippen LogP contribution is 2.25. The molecular weight excluding hydrogens is 482 g/mol. The fraction of sp³-hybridized carbons (Fsp3) is 0.125. The Hall–Kier alpha value is -5.04.